The molecule has 12 heteroatoms. The standard InChI is InChI=1S/C22H21F6N5O/c1-4-12-17(31-32(3)19(12)11-8-13(23)16(25)14(24)9-11)15-6-5-7-33(15)21(34)18-20(22(26,27)28)30-10(2)29-18/h8-9,15H,4-7H2,1-3H3,(H,29,30). The molecule has 0 spiro atoms. The van der Waals surface area contributed by atoms with Gasteiger partial charge in [-0.25, -0.2) is 18.2 Å². The van der Waals surface area contributed by atoms with Gasteiger partial charge in [0.15, 0.2) is 28.8 Å². The summed E-state index contributed by atoms with van der Waals surface area (Å²) >= 11 is 0. The first kappa shape index (κ1) is 23.8. The Kier molecular flexibility index (Phi) is 5.94. The van der Waals surface area contributed by atoms with Crippen LogP contribution in [0, 0.1) is 24.4 Å². The number of benzene rings is 1. The van der Waals surface area contributed by atoms with Crippen LogP contribution in [0.5, 0.6) is 0 Å². The van der Waals surface area contributed by atoms with Gasteiger partial charge in [0.05, 0.1) is 17.4 Å². The third-order valence-electron chi connectivity index (χ3n) is 5.92. The lowest BCUT2D eigenvalue weighted by Crippen LogP contribution is -2.33. The van der Waals surface area contributed by atoms with Crippen molar-refractivity contribution in [3.63, 3.8) is 0 Å². The average molecular weight is 485 g/mol. The number of rotatable bonds is 4. The summed E-state index contributed by atoms with van der Waals surface area (Å²) in [4.78, 5) is 20.4. The first-order valence-electron chi connectivity index (χ1n) is 10.6. The smallest absolute Gasteiger partial charge is 0.338 e. The van der Waals surface area contributed by atoms with Crippen LogP contribution in [0.25, 0.3) is 11.3 Å². The average Bonchev–Trinajstić information content (AvgIpc) is 3.46. The Morgan fingerprint density at radius 3 is 2.44 bits per heavy atom. The van der Waals surface area contributed by atoms with Gasteiger partial charge < -0.3 is 9.88 Å². The van der Waals surface area contributed by atoms with E-state index in [1.807, 2.05) is 0 Å². The number of aromatic nitrogens is 4. The number of alkyl halides is 3. The zero-order chi connectivity index (χ0) is 24.9. The highest BCUT2D eigenvalue weighted by atomic mass is 19.4. The number of imidazole rings is 1. The molecule has 3 heterocycles. The van der Waals surface area contributed by atoms with Crippen LogP contribution in [0.15, 0.2) is 12.1 Å². The van der Waals surface area contributed by atoms with Crippen LogP contribution in [0.4, 0.5) is 26.3 Å². The minimum absolute atomic E-state index is 0.0406. The first-order valence-corrected chi connectivity index (χ1v) is 10.6. The van der Waals surface area contributed by atoms with Crippen molar-refractivity contribution in [2.45, 2.75) is 45.3 Å². The molecule has 0 bridgehead atoms. The molecule has 1 unspecified atom stereocenters. The van der Waals surface area contributed by atoms with Gasteiger partial charge in [-0.05, 0) is 38.3 Å². The minimum Gasteiger partial charge on any atom is -0.338 e. The van der Waals surface area contributed by atoms with Gasteiger partial charge in [0.2, 0.25) is 0 Å². The molecule has 1 aliphatic rings. The second-order valence-electron chi connectivity index (χ2n) is 8.14. The van der Waals surface area contributed by atoms with Crippen molar-refractivity contribution in [2.24, 2.45) is 7.05 Å². The molecule has 1 saturated heterocycles. The number of nitrogens with one attached hydrogen (secondary N) is 1. The summed E-state index contributed by atoms with van der Waals surface area (Å²) in [6.07, 6.45) is -3.47. The molecule has 182 valence electrons. The van der Waals surface area contributed by atoms with Crippen LogP contribution in [-0.2, 0) is 19.6 Å². The van der Waals surface area contributed by atoms with Crippen molar-refractivity contribution >= 4 is 5.91 Å². The van der Waals surface area contributed by atoms with E-state index in [-0.39, 0.29) is 17.9 Å². The summed E-state index contributed by atoms with van der Waals surface area (Å²) in [5.74, 6) is -5.22. The van der Waals surface area contributed by atoms with E-state index >= 15 is 0 Å². The van der Waals surface area contributed by atoms with Crippen LogP contribution in [0.2, 0.25) is 0 Å². The highest BCUT2D eigenvalue weighted by Crippen LogP contribution is 2.39. The van der Waals surface area contributed by atoms with Crippen LogP contribution in [-0.4, -0.2) is 37.1 Å². The van der Waals surface area contributed by atoms with Crippen molar-refractivity contribution in [2.75, 3.05) is 6.54 Å². The number of aromatic amines is 1. The number of hydrogen-bond acceptors (Lipinski definition) is 3. The lowest BCUT2D eigenvalue weighted by Gasteiger charge is -2.24. The summed E-state index contributed by atoms with van der Waals surface area (Å²) in [7, 11) is 1.54. The van der Waals surface area contributed by atoms with E-state index in [1.165, 1.54) is 23.6 Å². The second-order valence-corrected chi connectivity index (χ2v) is 8.14. The lowest BCUT2D eigenvalue weighted by molar-refractivity contribution is -0.141. The number of likely N-dealkylation sites (tertiary alicyclic amines) is 1. The van der Waals surface area contributed by atoms with Crippen molar-refractivity contribution < 1.29 is 31.1 Å². The van der Waals surface area contributed by atoms with Gasteiger partial charge in [0, 0.05) is 24.7 Å². The van der Waals surface area contributed by atoms with Crippen molar-refractivity contribution in [3.05, 3.63) is 58.1 Å². The molecule has 1 atom stereocenters. The fraction of sp³-hybridized carbons (Fsp3) is 0.409. The normalized spacial score (nSPS) is 16.5. The SMILES string of the molecule is CCc1c(C2CCCN2C(=O)c2nc(C)[nH]c2C(F)(F)F)nn(C)c1-c1cc(F)c(F)c(F)c1. The summed E-state index contributed by atoms with van der Waals surface area (Å²) < 4.78 is 83.0. The quantitative estimate of drug-likeness (QED) is 0.413. The number of amides is 1. The number of H-pyrrole nitrogens is 1. The maximum atomic E-state index is 13.9. The molecule has 1 aromatic carbocycles. The van der Waals surface area contributed by atoms with Crippen molar-refractivity contribution in [1.29, 1.82) is 0 Å². The van der Waals surface area contributed by atoms with Crippen LogP contribution < -0.4 is 0 Å². The molecule has 1 fully saturated rings. The topological polar surface area (TPSA) is 66.8 Å². The van der Waals surface area contributed by atoms with E-state index in [1.54, 1.807) is 6.92 Å². The van der Waals surface area contributed by atoms with E-state index in [0.717, 1.165) is 12.1 Å². The fourth-order valence-corrected chi connectivity index (χ4v) is 4.54. The summed E-state index contributed by atoms with van der Waals surface area (Å²) in [6.45, 7) is 3.30. The highest BCUT2D eigenvalue weighted by Gasteiger charge is 2.42. The molecule has 6 nitrogen and oxygen atoms in total. The number of halogens is 6. The number of aryl methyl sites for hydroxylation is 2. The third-order valence-corrected chi connectivity index (χ3v) is 5.92. The van der Waals surface area contributed by atoms with E-state index < -0.39 is 47.0 Å². The van der Waals surface area contributed by atoms with E-state index in [0.29, 0.717) is 36.2 Å². The molecule has 1 aliphatic heterocycles. The molecule has 3 aromatic rings. The van der Waals surface area contributed by atoms with Gasteiger partial charge >= 0.3 is 6.18 Å². The van der Waals surface area contributed by atoms with Gasteiger partial charge in [0.1, 0.15) is 5.82 Å². The monoisotopic (exact) mass is 485 g/mol. The number of carbonyl (C=O) groups excluding carboxylic acids is 1. The summed E-state index contributed by atoms with van der Waals surface area (Å²) in [5, 5.41) is 4.46. The largest absolute Gasteiger partial charge is 0.433 e. The van der Waals surface area contributed by atoms with E-state index in [9.17, 15) is 31.1 Å². The predicted octanol–water partition coefficient (Wildman–Crippen LogP) is 5.09. The van der Waals surface area contributed by atoms with E-state index in [4.69, 9.17) is 0 Å². The molecule has 0 saturated carbocycles. The number of carbonyl (C=O) groups is 1. The van der Waals surface area contributed by atoms with Crippen molar-refractivity contribution in [3.8, 4) is 11.3 Å². The van der Waals surface area contributed by atoms with Crippen LogP contribution in [0.1, 0.15) is 59.1 Å². The molecular weight excluding hydrogens is 464 g/mol. The van der Waals surface area contributed by atoms with Gasteiger partial charge in [-0.3, -0.25) is 9.48 Å². The minimum atomic E-state index is -4.79. The Balaban J connectivity index is 1.77. The Morgan fingerprint density at radius 1 is 1.21 bits per heavy atom. The highest BCUT2D eigenvalue weighted by molar-refractivity contribution is 5.94. The molecule has 4 rings (SSSR count). The molecule has 0 aliphatic carbocycles. The van der Waals surface area contributed by atoms with Gasteiger partial charge in [-0.1, -0.05) is 6.92 Å². The molecule has 1 N–H and O–H groups in total. The third kappa shape index (κ3) is 3.94. The Bertz CT molecular complexity index is 1240. The van der Waals surface area contributed by atoms with E-state index in [2.05, 4.69) is 15.1 Å². The predicted molar refractivity (Wildman–Crippen MR) is 109 cm³/mol. The zero-order valence-electron chi connectivity index (χ0n) is 18.5. The summed E-state index contributed by atoms with van der Waals surface area (Å²) in [6, 6.07) is 1.06. The lowest BCUT2D eigenvalue weighted by atomic mass is 9.98. The Morgan fingerprint density at radius 2 is 1.85 bits per heavy atom. The first-order chi connectivity index (χ1) is 15.9. The molecule has 34 heavy (non-hydrogen) atoms. The number of hydrogen-bond donors (Lipinski definition) is 1. The molecular formula is C22H21F6N5O. The summed E-state index contributed by atoms with van der Waals surface area (Å²) in [5.41, 5.74) is -0.554. The van der Waals surface area contributed by atoms with Crippen LogP contribution in [0.3, 0.4) is 0 Å². The second kappa shape index (κ2) is 8.48. The molecule has 2 aromatic heterocycles. The van der Waals surface area contributed by atoms with Crippen LogP contribution >= 0.6 is 0 Å². The fourth-order valence-electron chi connectivity index (χ4n) is 4.54. The molecule has 0 radical (unpaired) electrons. The van der Waals surface area contributed by atoms with Gasteiger partial charge in [0.25, 0.3) is 5.91 Å². The Labute approximate surface area is 190 Å². The maximum Gasteiger partial charge on any atom is 0.433 e. The maximum absolute atomic E-state index is 13.9. The molecule has 1 amide bonds. The van der Waals surface area contributed by atoms with Gasteiger partial charge in [-0.2, -0.15) is 18.3 Å². The van der Waals surface area contributed by atoms with Crippen molar-refractivity contribution in [1.82, 2.24) is 24.6 Å². The Hall–Kier alpha value is -3.31. The number of nitrogens with zero attached hydrogens (tertiary/aromatic N) is 4. The zero-order valence-corrected chi connectivity index (χ0v) is 18.5. The van der Waals surface area contributed by atoms with Gasteiger partial charge in [-0.15, -0.1) is 0 Å².